The van der Waals surface area contributed by atoms with Crippen LogP contribution in [0.4, 0.5) is 0 Å². The van der Waals surface area contributed by atoms with Crippen LogP contribution in [0.15, 0.2) is 0 Å². The highest BCUT2D eigenvalue weighted by molar-refractivity contribution is 5.82. The number of aliphatic hydroxyl groups is 1. The molecule has 20 heavy (non-hydrogen) atoms. The average Bonchev–Trinajstić information content (AvgIpc) is 2.86. The Morgan fingerprint density at radius 3 is 2.55 bits per heavy atom. The van der Waals surface area contributed by atoms with Crippen molar-refractivity contribution in [2.24, 2.45) is 0 Å². The largest absolute Gasteiger partial charge is 0.392 e. The molecular weight excluding hydrogens is 260 g/mol. The normalized spacial score (nSPS) is 27.6. The zero-order valence-corrected chi connectivity index (χ0v) is 12.0. The topological polar surface area (TPSA) is 84.9 Å². The number of hydrogen-bond donors (Lipinski definition) is 3. The minimum atomic E-state index is -0.414. The Labute approximate surface area is 119 Å². The summed E-state index contributed by atoms with van der Waals surface area (Å²) in [6.07, 6.45) is 0.0841. The molecule has 7 nitrogen and oxygen atoms in total. The number of likely N-dealkylation sites (N-methyl/N-ethyl adjacent to an activating group) is 1. The predicted octanol–water partition coefficient (Wildman–Crippen LogP) is -2.01. The smallest absolute Gasteiger partial charge is 0.239 e. The van der Waals surface area contributed by atoms with Crippen molar-refractivity contribution in [3.8, 4) is 0 Å². The van der Waals surface area contributed by atoms with Gasteiger partial charge in [-0.3, -0.25) is 14.5 Å². The van der Waals surface area contributed by atoms with Crippen molar-refractivity contribution >= 4 is 11.8 Å². The van der Waals surface area contributed by atoms with Gasteiger partial charge in [-0.05, 0) is 13.3 Å². The molecule has 2 saturated heterocycles. The van der Waals surface area contributed by atoms with Crippen LogP contribution in [0.1, 0.15) is 13.3 Å². The molecule has 2 heterocycles. The molecule has 7 heteroatoms. The lowest BCUT2D eigenvalue weighted by molar-refractivity contribution is -0.135. The van der Waals surface area contributed by atoms with Crippen molar-refractivity contribution in [2.75, 3.05) is 45.8 Å². The van der Waals surface area contributed by atoms with Gasteiger partial charge in [-0.15, -0.1) is 0 Å². The number of piperazine rings is 1. The van der Waals surface area contributed by atoms with Crippen LogP contribution in [0.3, 0.4) is 0 Å². The van der Waals surface area contributed by atoms with Crippen LogP contribution in [0.25, 0.3) is 0 Å². The minimum absolute atomic E-state index is 0.0351. The van der Waals surface area contributed by atoms with Gasteiger partial charge in [0.2, 0.25) is 11.8 Å². The van der Waals surface area contributed by atoms with Gasteiger partial charge in [0, 0.05) is 39.3 Å². The molecule has 0 aromatic heterocycles. The van der Waals surface area contributed by atoms with Crippen LogP contribution >= 0.6 is 0 Å². The Morgan fingerprint density at radius 1 is 1.30 bits per heavy atom. The SMILES string of the molecule is CCNC(=O)CN1CCN(C(=O)C2CC(O)CN2)CC1. The van der Waals surface area contributed by atoms with E-state index in [0.29, 0.717) is 39.1 Å². The monoisotopic (exact) mass is 284 g/mol. The number of aliphatic hydroxyl groups excluding tert-OH is 1. The number of nitrogens with one attached hydrogen (secondary N) is 2. The third-order valence-electron chi connectivity index (χ3n) is 3.83. The number of nitrogens with zero attached hydrogens (tertiary/aromatic N) is 2. The summed E-state index contributed by atoms with van der Waals surface area (Å²) in [6.45, 7) is 6.17. The van der Waals surface area contributed by atoms with Gasteiger partial charge in [0.25, 0.3) is 0 Å². The molecule has 114 valence electrons. The predicted molar refractivity (Wildman–Crippen MR) is 74.1 cm³/mol. The maximum atomic E-state index is 12.2. The van der Waals surface area contributed by atoms with E-state index in [1.807, 2.05) is 11.8 Å². The van der Waals surface area contributed by atoms with Crippen molar-refractivity contribution in [2.45, 2.75) is 25.5 Å². The van der Waals surface area contributed by atoms with Crippen LogP contribution < -0.4 is 10.6 Å². The van der Waals surface area contributed by atoms with E-state index in [4.69, 9.17) is 0 Å². The van der Waals surface area contributed by atoms with E-state index in [1.165, 1.54) is 0 Å². The number of carbonyl (C=O) groups is 2. The second-order valence-corrected chi connectivity index (χ2v) is 5.41. The number of hydrogen-bond acceptors (Lipinski definition) is 5. The Morgan fingerprint density at radius 2 is 2.00 bits per heavy atom. The van der Waals surface area contributed by atoms with Crippen molar-refractivity contribution < 1.29 is 14.7 Å². The molecule has 2 fully saturated rings. The van der Waals surface area contributed by atoms with E-state index in [0.717, 1.165) is 13.1 Å². The molecule has 0 aromatic carbocycles. The van der Waals surface area contributed by atoms with Crippen LogP contribution in [-0.2, 0) is 9.59 Å². The lowest BCUT2D eigenvalue weighted by Gasteiger charge is -2.35. The first-order valence-electron chi connectivity index (χ1n) is 7.29. The molecule has 0 aliphatic carbocycles. The van der Waals surface area contributed by atoms with Crippen molar-refractivity contribution in [1.29, 1.82) is 0 Å². The number of β-amino-alcohol motifs (C(OH)–C–C–N with tert-alkyl or cyclic N) is 1. The first-order valence-corrected chi connectivity index (χ1v) is 7.29. The molecule has 0 aromatic rings. The summed E-state index contributed by atoms with van der Waals surface area (Å²) >= 11 is 0. The highest BCUT2D eigenvalue weighted by atomic mass is 16.3. The second-order valence-electron chi connectivity index (χ2n) is 5.41. The fourth-order valence-corrected chi connectivity index (χ4v) is 2.71. The quantitative estimate of drug-likeness (QED) is 0.555. The minimum Gasteiger partial charge on any atom is -0.392 e. The maximum Gasteiger partial charge on any atom is 0.239 e. The van der Waals surface area contributed by atoms with Crippen LogP contribution in [0.2, 0.25) is 0 Å². The lowest BCUT2D eigenvalue weighted by atomic mass is 10.1. The van der Waals surface area contributed by atoms with E-state index >= 15 is 0 Å². The van der Waals surface area contributed by atoms with Crippen LogP contribution in [0, 0.1) is 0 Å². The molecule has 0 spiro atoms. The molecule has 0 saturated carbocycles. The molecule has 2 unspecified atom stereocenters. The van der Waals surface area contributed by atoms with E-state index in [-0.39, 0.29) is 17.9 Å². The summed E-state index contributed by atoms with van der Waals surface area (Å²) in [6, 6.07) is -0.250. The highest BCUT2D eigenvalue weighted by Crippen LogP contribution is 2.11. The molecular formula is C13H24N4O3. The van der Waals surface area contributed by atoms with Gasteiger partial charge in [-0.2, -0.15) is 0 Å². The van der Waals surface area contributed by atoms with Crippen molar-refractivity contribution in [3.63, 3.8) is 0 Å². The van der Waals surface area contributed by atoms with E-state index in [2.05, 4.69) is 15.5 Å². The Bertz CT molecular complexity index is 356. The fourth-order valence-electron chi connectivity index (χ4n) is 2.71. The summed E-state index contributed by atoms with van der Waals surface area (Å²) in [7, 11) is 0. The maximum absolute atomic E-state index is 12.2. The van der Waals surface area contributed by atoms with E-state index in [9.17, 15) is 14.7 Å². The molecule has 2 rings (SSSR count). The van der Waals surface area contributed by atoms with Gasteiger partial charge in [0.1, 0.15) is 0 Å². The molecule has 2 atom stereocenters. The van der Waals surface area contributed by atoms with Gasteiger partial charge in [-0.1, -0.05) is 0 Å². The number of amides is 2. The van der Waals surface area contributed by atoms with Crippen LogP contribution in [-0.4, -0.2) is 84.7 Å². The number of carbonyl (C=O) groups excluding carboxylic acids is 2. The lowest BCUT2D eigenvalue weighted by Crippen LogP contribution is -2.54. The van der Waals surface area contributed by atoms with Gasteiger partial charge in [0.15, 0.2) is 0 Å². The average molecular weight is 284 g/mol. The Kier molecular flexibility index (Phi) is 5.33. The first-order chi connectivity index (χ1) is 9.60. The molecule has 0 radical (unpaired) electrons. The Hall–Kier alpha value is -1.18. The standard InChI is InChI=1S/C13H24N4O3/c1-2-14-12(19)9-16-3-5-17(6-4-16)13(20)11-7-10(18)8-15-11/h10-11,15,18H,2-9H2,1H3,(H,14,19). The summed E-state index contributed by atoms with van der Waals surface area (Å²) in [5, 5.41) is 15.3. The van der Waals surface area contributed by atoms with Gasteiger partial charge < -0.3 is 20.6 Å². The summed E-state index contributed by atoms with van der Waals surface area (Å²) < 4.78 is 0. The highest BCUT2D eigenvalue weighted by Gasteiger charge is 2.32. The summed E-state index contributed by atoms with van der Waals surface area (Å²) in [5.41, 5.74) is 0. The molecule has 0 bridgehead atoms. The summed E-state index contributed by atoms with van der Waals surface area (Å²) in [4.78, 5) is 27.6. The molecule has 3 N–H and O–H groups in total. The van der Waals surface area contributed by atoms with Crippen molar-refractivity contribution in [1.82, 2.24) is 20.4 Å². The first kappa shape index (κ1) is 15.2. The van der Waals surface area contributed by atoms with Gasteiger partial charge >= 0.3 is 0 Å². The van der Waals surface area contributed by atoms with Crippen LogP contribution in [0.5, 0.6) is 0 Å². The van der Waals surface area contributed by atoms with E-state index in [1.54, 1.807) is 0 Å². The number of rotatable bonds is 4. The third-order valence-corrected chi connectivity index (χ3v) is 3.83. The fraction of sp³-hybridized carbons (Fsp3) is 0.846. The molecule has 2 aliphatic heterocycles. The third kappa shape index (κ3) is 3.91. The van der Waals surface area contributed by atoms with Gasteiger partial charge in [0.05, 0.1) is 18.7 Å². The second kappa shape index (κ2) is 7.01. The molecule has 2 amide bonds. The zero-order chi connectivity index (χ0) is 14.5. The molecule has 2 aliphatic rings. The van der Waals surface area contributed by atoms with Crippen molar-refractivity contribution in [3.05, 3.63) is 0 Å². The summed E-state index contributed by atoms with van der Waals surface area (Å²) in [5.74, 6) is 0.104. The zero-order valence-electron chi connectivity index (χ0n) is 12.0. The van der Waals surface area contributed by atoms with Gasteiger partial charge in [-0.25, -0.2) is 0 Å². The van der Waals surface area contributed by atoms with E-state index < -0.39 is 6.10 Å². The Balaban J connectivity index is 1.73.